The molecule has 0 saturated carbocycles. The molecule has 1 aliphatic heterocycles. The predicted octanol–water partition coefficient (Wildman–Crippen LogP) is 3.65. The highest BCUT2D eigenvalue weighted by molar-refractivity contribution is 6.31. The average molecular weight is 444 g/mol. The molecule has 1 atom stereocenters. The lowest BCUT2D eigenvalue weighted by atomic mass is 9.95. The summed E-state index contributed by atoms with van der Waals surface area (Å²) in [6.07, 6.45) is 0. The SMILES string of the molecule is CCOC(=O)C1=C(CN(C)Cc2ccccc2Cl)NC(=O)NC1c1ccc(OC)cc1. The minimum Gasteiger partial charge on any atom is -0.497 e. The van der Waals surface area contributed by atoms with Gasteiger partial charge >= 0.3 is 12.0 Å². The number of amides is 2. The zero-order chi connectivity index (χ0) is 22.4. The summed E-state index contributed by atoms with van der Waals surface area (Å²) in [7, 11) is 3.48. The number of nitrogens with one attached hydrogen (secondary N) is 2. The summed E-state index contributed by atoms with van der Waals surface area (Å²) < 4.78 is 10.5. The number of methoxy groups -OCH3 is 1. The standard InChI is InChI=1S/C23H26ClN3O4/c1-4-31-22(28)20-19(14-27(2)13-16-7-5-6-8-18(16)24)25-23(29)26-21(20)15-9-11-17(30-3)12-10-15/h5-12,21H,4,13-14H2,1-3H3,(H2,25,26,29). The van der Waals surface area contributed by atoms with Crippen molar-refractivity contribution in [3.8, 4) is 5.75 Å². The molecule has 2 aromatic carbocycles. The predicted molar refractivity (Wildman–Crippen MR) is 119 cm³/mol. The van der Waals surface area contributed by atoms with Crippen LogP contribution in [0, 0.1) is 0 Å². The first-order valence-electron chi connectivity index (χ1n) is 9.96. The van der Waals surface area contributed by atoms with Crippen LogP contribution in [-0.4, -0.2) is 44.2 Å². The fourth-order valence-electron chi connectivity index (χ4n) is 3.48. The Morgan fingerprint density at radius 3 is 2.48 bits per heavy atom. The van der Waals surface area contributed by atoms with E-state index in [2.05, 4.69) is 10.6 Å². The number of halogens is 1. The smallest absolute Gasteiger partial charge is 0.338 e. The third-order valence-electron chi connectivity index (χ3n) is 4.92. The third kappa shape index (κ3) is 5.57. The number of rotatable bonds is 8. The zero-order valence-corrected chi connectivity index (χ0v) is 18.5. The number of nitrogens with zero attached hydrogens (tertiary/aromatic N) is 1. The molecule has 8 heteroatoms. The Hall–Kier alpha value is -3.03. The molecule has 31 heavy (non-hydrogen) atoms. The van der Waals surface area contributed by atoms with Crippen LogP contribution in [0.25, 0.3) is 0 Å². The lowest BCUT2D eigenvalue weighted by Crippen LogP contribution is -2.48. The second-order valence-corrected chi connectivity index (χ2v) is 7.59. The van der Waals surface area contributed by atoms with Crippen molar-refractivity contribution in [3.05, 3.63) is 76.0 Å². The molecular formula is C23H26ClN3O4. The second-order valence-electron chi connectivity index (χ2n) is 7.18. The molecule has 3 rings (SSSR count). The van der Waals surface area contributed by atoms with E-state index < -0.39 is 12.0 Å². The molecule has 1 aliphatic rings. The van der Waals surface area contributed by atoms with Crippen molar-refractivity contribution in [1.82, 2.24) is 15.5 Å². The van der Waals surface area contributed by atoms with Gasteiger partial charge < -0.3 is 20.1 Å². The van der Waals surface area contributed by atoms with Crippen LogP contribution in [0.3, 0.4) is 0 Å². The number of carbonyl (C=O) groups excluding carboxylic acids is 2. The summed E-state index contributed by atoms with van der Waals surface area (Å²) in [6, 6.07) is 13.8. The summed E-state index contributed by atoms with van der Waals surface area (Å²) in [5, 5.41) is 6.29. The fraction of sp³-hybridized carbons (Fsp3) is 0.304. The van der Waals surface area contributed by atoms with Gasteiger partial charge in [-0.3, -0.25) is 4.90 Å². The van der Waals surface area contributed by atoms with Gasteiger partial charge in [0.25, 0.3) is 0 Å². The highest BCUT2D eigenvalue weighted by Crippen LogP contribution is 2.29. The van der Waals surface area contributed by atoms with Crippen LogP contribution in [0.4, 0.5) is 4.79 Å². The number of likely N-dealkylation sites (N-methyl/N-ethyl adjacent to an activating group) is 1. The van der Waals surface area contributed by atoms with E-state index in [4.69, 9.17) is 21.1 Å². The topological polar surface area (TPSA) is 79.9 Å². The van der Waals surface area contributed by atoms with Crippen molar-refractivity contribution in [2.24, 2.45) is 0 Å². The first-order valence-corrected chi connectivity index (χ1v) is 10.3. The molecule has 1 heterocycles. The van der Waals surface area contributed by atoms with E-state index in [0.29, 0.717) is 35.1 Å². The molecule has 0 radical (unpaired) electrons. The van der Waals surface area contributed by atoms with Gasteiger partial charge in [0.05, 0.1) is 25.3 Å². The Labute approximate surface area is 187 Å². The Bertz CT molecular complexity index is 975. The molecule has 0 saturated heterocycles. The number of benzene rings is 2. The normalized spacial score (nSPS) is 16.0. The van der Waals surface area contributed by atoms with E-state index in [0.717, 1.165) is 11.1 Å². The van der Waals surface area contributed by atoms with Gasteiger partial charge in [0.2, 0.25) is 0 Å². The summed E-state index contributed by atoms with van der Waals surface area (Å²) in [6.45, 7) is 2.86. The van der Waals surface area contributed by atoms with Gasteiger partial charge in [-0.05, 0) is 43.3 Å². The number of carbonyl (C=O) groups is 2. The summed E-state index contributed by atoms with van der Waals surface area (Å²) in [5.74, 6) is 0.210. The van der Waals surface area contributed by atoms with E-state index in [-0.39, 0.29) is 12.6 Å². The lowest BCUT2D eigenvalue weighted by molar-refractivity contribution is -0.139. The fourth-order valence-corrected chi connectivity index (χ4v) is 3.68. The van der Waals surface area contributed by atoms with E-state index in [1.54, 1.807) is 26.2 Å². The van der Waals surface area contributed by atoms with Crippen molar-refractivity contribution in [1.29, 1.82) is 0 Å². The number of hydrogen-bond donors (Lipinski definition) is 2. The first kappa shape index (κ1) is 22.7. The molecule has 1 unspecified atom stereocenters. The zero-order valence-electron chi connectivity index (χ0n) is 17.8. The van der Waals surface area contributed by atoms with Crippen LogP contribution in [0.2, 0.25) is 5.02 Å². The van der Waals surface area contributed by atoms with E-state index in [9.17, 15) is 9.59 Å². The molecule has 2 amide bonds. The van der Waals surface area contributed by atoms with Gasteiger partial charge in [-0.2, -0.15) is 0 Å². The van der Waals surface area contributed by atoms with Gasteiger partial charge in [0.15, 0.2) is 0 Å². The van der Waals surface area contributed by atoms with Crippen LogP contribution in [0.15, 0.2) is 59.8 Å². The number of hydrogen-bond acceptors (Lipinski definition) is 5. The minimum atomic E-state index is -0.637. The Balaban J connectivity index is 1.93. The van der Waals surface area contributed by atoms with E-state index in [1.807, 2.05) is 48.3 Å². The van der Waals surface area contributed by atoms with Crippen molar-refractivity contribution in [3.63, 3.8) is 0 Å². The molecule has 0 bridgehead atoms. The maximum atomic E-state index is 12.9. The van der Waals surface area contributed by atoms with Crippen LogP contribution in [0.1, 0.15) is 24.1 Å². The summed E-state index contributed by atoms with van der Waals surface area (Å²) >= 11 is 6.28. The van der Waals surface area contributed by atoms with Gasteiger partial charge in [-0.1, -0.05) is 41.9 Å². The van der Waals surface area contributed by atoms with Gasteiger partial charge in [-0.25, -0.2) is 9.59 Å². The molecule has 0 aromatic heterocycles. The van der Waals surface area contributed by atoms with Crippen molar-refractivity contribution < 1.29 is 19.1 Å². The Morgan fingerprint density at radius 1 is 1.13 bits per heavy atom. The second kappa shape index (κ2) is 10.3. The maximum absolute atomic E-state index is 12.9. The number of esters is 1. The quantitative estimate of drug-likeness (QED) is 0.609. The molecule has 0 fully saturated rings. The Morgan fingerprint density at radius 2 is 1.84 bits per heavy atom. The van der Waals surface area contributed by atoms with Crippen LogP contribution in [-0.2, 0) is 16.1 Å². The van der Waals surface area contributed by atoms with Gasteiger partial charge in [0.1, 0.15) is 5.75 Å². The highest BCUT2D eigenvalue weighted by Gasteiger charge is 2.34. The first-order chi connectivity index (χ1) is 14.9. The van der Waals surface area contributed by atoms with Crippen molar-refractivity contribution in [2.45, 2.75) is 19.5 Å². The average Bonchev–Trinajstić information content (AvgIpc) is 2.75. The molecular weight excluding hydrogens is 418 g/mol. The summed E-state index contributed by atoms with van der Waals surface area (Å²) in [4.78, 5) is 27.3. The Kier molecular flexibility index (Phi) is 7.55. The number of ether oxygens (including phenoxy) is 2. The highest BCUT2D eigenvalue weighted by atomic mass is 35.5. The van der Waals surface area contributed by atoms with Crippen molar-refractivity contribution in [2.75, 3.05) is 27.3 Å². The van der Waals surface area contributed by atoms with E-state index >= 15 is 0 Å². The molecule has 0 spiro atoms. The molecule has 0 aliphatic carbocycles. The van der Waals surface area contributed by atoms with Crippen molar-refractivity contribution >= 4 is 23.6 Å². The van der Waals surface area contributed by atoms with Crippen LogP contribution >= 0.6 is 11.6 Å². The van der Waals surface area contributed by atoms with Crippen LogP contribution in [0.5, 0.6) is 5.75 Å². The molecule has 7 nitrogen and oxygen atoms in total. The van der Waals surface area contributed by atoms with Gasteiger partial charge in [0, 0.05) is 23.8 Å². The van der Waals surface area contributed by atoms with Crippen LogP contribution < -0.4 is 15.4 Å². The van der Waals surface area contributed by atoms with Gasteiger partial charge in [-0.15, -0.1) is 0 Å². The largest absolute Gasteiger partial charge is 0.497 e. The monoisotopic (exact) mass is 443 g/mol. The molecule has 2 aromatic rings. The van der Waals surface area contributed by atoms with E-state index in [1.165, 1.54) is 0 Å². The third-order valence-corrected chi connectivity index (χ3v) is 5.29. The minimum absolute atomic E-state index is 0.231. The summed E-state index contributed by atoms with van der Waals surface area (Å²) in [5.41, 5.74) is 2.58. The lowest BCUT2D eigenvalue weighted by Gasteiger charge is -2.31. The number of urea groups is 1. The maximum Gasteiger partial charge on any atom is 0.338 e. The molecule has 2 N–H and O–H groups in total. The molecule has 164 valence electrons.